The highest BCUT2D eigenvalue weighted by molar-refractivity contribution is 7.80. The minimum atomic E-state index is 0.213. The first-order valence-electron chi connectivity index (χ1n) is 7.06. The Labute approximate surface area is 130 Å². The second-order valence-corrected chi connectivity index (χ2v) is 5.52. The molecule has 0 amide bonds. The van der Waals surface area contributed by atoms with Gasteiger partial charge in [-0.2, -0.15) is 0 Å². The number of methoxy groups -OCH3 is 2. The molecule has 0 aliphatic carbocycles. The summed E-state index contributed by atoms with van der Waals surface area (Å²) in [5, 5.41) is 13.2. The van der Waals surface area contributed by atoms with Crippen molar-refractivity contribution in [3.8, 4) is 11.5 Å². The molecule has 6 heteroatoms. The molecule has 0 saturated carbocycles. The van der Waals surface area contributed by atoms with E-state index in [1.807, 2.05) is 18.2 Å². The number of likely N-dealkylation sites (tertiary alicyclic amines) is 1. The van der Waals surface area contributed by atoms with Gasteiger partial charge >= 0.3 is 0 Å². The summed E-state index contributed by atoms with van der Waals surface area (Å²) in [5.41, 5.74) is 0.814. The molecule has 1 heterocycles. The van der Waals surface area contributed by atoms with Crippen molar-refractivity contribution in [1.29, 1.82) is 0 Å². The lowest BCUT2D eigenvalue weighted by Gasteiger charge is -2.34. The average Bonchev–Trinajstić information content (AvgIpc) is 2.55. The van der Waals surface area contributed by atoms with Gasteiger partial charge in [-0.15, -0.1) is 0 Å². The maximum absolute atomic E-state index is 9.30. The maximum Gasteiger partial charge on any atom is 0.173 e. The summed E-state index contributed by atoms with van der Waals surface area (Å²) in [6.45, 7) is 1.92. The number of ether oxygens (including phenoxy) is 2. The van der Waals surface area contributed by atoms with Crippen LogP contribution in [-0.4, -0.2) is 49.0 Å². The second kappa shape index (κ2) is 7.47. The lowest BCUT2D eigenvalue weighted by molar-refractivity contribution is 0.162. The Balaban J connectivity index is 2.05. The van der Waals surface area contributed by atoms with E-state index in [9.17, 15) is 5.11 Å². The lowest BCUT2D eigenvalue weighted by Crippen LogP contribution is -2.43. The van der Waals surface area contributed by atoms with Gasteiger partial charge in [0, 0.05) is 25.8 Å². The van der Waals surface area contributed by atoms with E-state index in [1.165, 1.54) is 0 Å². The van der Waals surface area contributed by atoms with Gasteiger partial charge in [-0.1, -0.05) is 0 Å². The van der Waals surface area contributed by atoms with Gasteiger partial charge in [0.1, 0.15) is 11.5 Å². The average molecular weight is 310 g/mol. The summed E-state index contributed by atoms with van der Waals surface area (Å²) in [6.07, 6.45) is 2.11. The first kappa shape index (κ1) is 15.9. The van der Waals surface area contributed by atoms with E-state index in [-0.39, 0.29) is 6.61 Å². The molecule has 1 aliphatic rings. The molecule has 0 radical (unpaired) electrons. The molecule has 1 saturated heterocycles. The third kappa shape index (κ3) is 3.98. The summed E-state index contributed by atoms with van der Waals surface area (Å²) in [7, 11) is 3.24. The molecule has 21 heavy (non-hydrogen) atoms. The zero-order valence-electron chi connectivity index (χ0n) is 12.5. The van der Waals surface area contributed by atoms with E-state index in [1.54, 1.807) is 14.2 Å². The molecule has 2 rings (SSSR count). The molecule has 0 spiro atoms. The van der Waals surface area contributed by atoms with Gasteiger partial charge in [0.25, 0.3) is 0 Å². The third-order valence-electron chi connectivity index (χ3n) is 3.71. The van der Waals surface area contributed by atoms with Gasteiger partial charge in [0.05, 0.1) is 19.9 Å². The molecule has 1 atom stereocenters. The summed E-state index contributed by atoms with van der Waals surface area (Å²) in [4.78, 5) is 2.10. The number of nitrogens with one attached hydrogen (secondary N) is 1. The molecule has 1 aromatic carbocycles. The monoisotopic (exact) mass is 310 g/mol. The van der Waals surface area contributed by atoms with E-state index >= 15 is 0 Å². The van der Waals surface area contributed by atoms with Crippen LogP contribution in [0.4, 0.5) is 5.69 Å². The van der Waals surface area contributed by atoms with Crippen LogP contribution < -0.4 is 14.8 Å². The number of benzene rings is 1. The molecule has 1 fully saturated rings. The van der Waals surface area contributed by atoms with Gasteiger partial charge in [0.2, 0.25) is 0 Å². The highest BCUT2D eigenvalue weighted by Crippen LogP contribution is 2.29. The molecule has 0 bridgehead atoms. The van der Waals surface area contributed by atoms with Crippen molar-refractivity contribution in [3.63, 3.8) is 0 Å². The van der Waals surface area contributed by atoms with Gasteiger partial charge in [-0.25, -0.2) is 0 Å². The first-order chi connectivity index (χ1) is 10.2. The smallest absolute Gasteiger partial charge is 0.173 e. The van der Waals surface area contributed by atoms with E-state index < -0.39 is 0 Å². The quantitative estimate of drug-likeness (QED) is 0.831. The number of piperidine rings is 1. The fraction of sp³-hybridized carbons (Fsp3) is 0.533. The van der Waals surface area contributed by atoms with Crippen LogP contribution in [0.3, 0.4) is 0 Å². The van der Waals surface area contributed by atoms with E-state index in [0.29, 0.717) is 16.8 Å². The summed E-state index contributed by atoms with van der Waals surface area (Å²) < 4.78 is 10.5. The number of aliphatic hydroxyl groups excluding tert-OH is 1. The molecule has 5 nitrogen and oxygen atoms in total. The fourth-order valence-corrected chi connectivity index (χ4v) is 2.77. The topological polar surface area (TPSA) is 54.0 Å². The Morgan fingerprint density at radius 3 is 2.90 bits per heavy atom. The molecule has 1 unspecified atom stereocenters. The standard InChI is InChI=1S/C15H22N2O3S/c1-19-12-5-6-13(14(8-12)20-2)16-15(21)17-7-3-4-11(9-17)10-18/h5-6,8,11,18H,3-4,7,9-10H2,1-2H3,(H,16,21). The number of rotatable bonds is 4. The van der Waals surface area contributed by atoms with Crippen LogP contribution in [0.2, 0.25) is 0 Å². The predicted octanol–water partition coefficient (Wildman–Crippen LogP) is 2.10. The molecule has 1 aromatic rings. The first-order valence-corrected chi connectivity index (χ1v) is 7.47. The minimum absolute atomic E-state index is 0.213. The Morgan fingerprint density at radius 1 is 1.43 bits per heavy atom. The molecule has 116 valence electrons. The van der Waals surface area contributed by atoms with Crippen LogP contribution in [0.5, 0.6) is 11.5 Å². The van der Waals surface area contributed by atoms with E-state index in [0.717, 1.165) is 37.4 Å². The van der Waals surface area contributed by atoms with Crippen molar-refractivity contribution in [2.24, 2.45) is 5.92 Å². The number of nitrogens with zero attached hydrogens (tertiary/aromatic N) is 1. The summed E-state index contributed by atoms with van der Waals surface area (Å²) in [6, 6.07) is 5.56. The second-order valence-electron chi connectivity index (χ2n) is 5.13. The highest BCUT2D eigenvalue weighted by atomic mass is 32.1. The van der Waals surface area contributed by atoms with Crippen LogP contribution in [-0.2, 0) is 0 Å². The minimum Gasteiger partial charge on any atom is -0.497 e. The lowest BCUT2D eigenvalue weighted by atomic mass is 9.99. The zero-order valence-corrected chi connectivity index (χ0v) is 13.3. The van der Waals surface area contributed by atoms with Crippen LogP contribution in [0.15, 0.2) is 18.2 Å². The van der Waals surface area contributed by atoms with Gasteiger partial charge in [-0.05, 0) is 43.1 Å². The Morgan fingerprint density at radius 2 is 2.24 bits per heavy atom. The Bertz CT molecular complexity index is 496. The summed E-state index contributed by atoms with van der Waals surface area (Å²) in [5.74, 6) is 1.73. The van der Waals surface area contributed by atoms with Crippen molar-refractivity contribution >= 4 is 23.0 Å². The van der Waals surface area contributed by atoms with Gasteiger partial charge in [0.15, 0.2) is 5.11 Å². The molecule has 0 aromatic heterocycles. The molecule has 2 N–H and O–H groups in total. The van der Waals surface area contributed by atoms with Crippen molar-refractivity contribution in [3.05, 3.63) is 18.2 Å². The van der Waals surface area contributed by atoms with Crippen molar-refractivity contribution in [1.82, 2.24) is 4.90 Å². The van der Waals surface area contributed by atoms with Crippen LogP contribution >= 0.6 is 12.2 Å². The number of hydrogen-bond acceptors (Lipinski definition) is 4. The fourth-order valence-electron chi connectivity index (χ4n) is 2.49. The van der Waals surface area contributed by atoms with Crippen LogP contribution in [0.25, 0.3) is 0 Å². The van der Waals surface area contributed by atoms with Crippen LogP contribution in [0.1, 0.15) is 12.8 Å². The van der Waals surface area contributed by atoms with Gasteiger partial charge in [-0.3, -0.25) is 0 Å². The van der Waals surface area contributed by atoms with E-state index in [4.69, 9.17) is 21.7 Å². The van der Waals surface area contributed by atoms with Crippen molar-refractivity contribution in [2.45, 2.75) is 12.8 Å². The third-order valence-corrected chi connectivity index (χ3v) is 4.07. The number of thiocarbonyl (C=S) groups is 1. The number of hydrogen-bond donors (Lipinski definition) is 2. The largest absolute Gasteiger partial charge is 0.497 e. The highest BCUT2D eigenvalue weighted by Gasteiger charge is 2.21. The maximum atomic E-state index is 9.30. The van der Waals surface area contributed by atoms with Crippen LogP contribution in [0, 0.1) is 5.92 Å². The molecule has 1 aliphatic heterocycles. The SMILES string of the molecule is COc1ccc(NC(=S)N2CCCC(CO)C2)c(OC)c1. The number of anilines is 1. The van der Waals surface area contributed by atoms with Crippen molar-refractivity contribution in [2.75, 3.05) is 39.2 Å². The zero-order chi connectivity index (χ0) is 15.2. The summed E-state index contributed by atoms with van der Waals surface area (Å²) >= 11 is 5.47. The van der Waals surface area contributed by atoms with E-state index in [2.05, 4.69) is 10.2 Å². The van der Waals surface area contributed by atoms with Crippen molar-refractivity contribution < 1.29 is 14.6 Å². The predicted molar refractivity (Wildman–Crippen MR) is 87.1 cm³/mol. The molecular formula is C15H22N2O3S. The van der Waals surface area contributed by atoms with Gasteiger partial charge < -0.3 is 24.8 Å². The Hall–Kier alpha value is -1.53. The normalized spacial score (nSPS) is 18.2. The number of aliphatic hydroxyl groups is 1. The molecular weight excluding hydrogens is 288 g/mol. The Kier molecular flexibility index (Phi) is 5.64.